The summed E-state index contributed by atoms with van der Waals surface area (Å²) in [5.41, 5.74) is 0.129. The van der Waals surface area contributed by atoms with Crippen molar-refractivity contribution in [3.8, 4) is 0 Å². The van der Waals surface area contributed by atoms with Gasteiger partial charge in [-0.2, -0.15) is 0 Å². The smallest absolute Gasteiger partial charge is 0.408 e. The van der Waals surface area contributed by atoms with E-state index in [9.17, 15) is 9.59 Å². The number of pyridine rings is 1. The van der Waals surface area contributed by atoms with Crippen LogP contribution in [0.3, 0.4) is 0 Å². The van der Waals surface area contributed by atoms with Crippen molar-refractivity contribution in [1.82, 2.24) is 10.3 Å². The van der Waals surface area contributed by atoms with Gasteiger partial charge in [-0.05, 0) is 32.4 Å². The fourth-order valence-electron chi connectivity index (χ4n) is 1.55. The third-order valence-corrected chi connectivity index (χ3v) is 2.44. The highest BCUT2D eigenvalue weighted by molar-refractivity contribution is 6.17. The second-order valence-electron chi connectivity index (χ2n) is 5.34. The Hall–Kier alpha value is -1.82. The van der Waals surface area contributed by atoms with E-state index in [4.69, 9.17) is 21.1 Å². The Morgan fingerprint density at radius 3 is 2.67 bits per heavy atom. The van der Waals surface area contributed by atoms with E-state index in [-0.39, 0.29) is 12.5 Å². The lowest BCUT2D eigenvalue weighted by molar-refractivity contribution is -0.144. The normalized spacial score (nSPS) is 12.4. The second-order valence-corrected chi connectivity index (χ2v) is 5.55. The van der Waals surface area contributed by atoms with Crippen LogP contribution in [-0.2, 0) is 20.7 Å². The lowest BCUT2D eigenvalue weighted by Gasteiger charge is -2.22. The van der Waals surface area contributed by atoms with Gasteiger partial charge in [0, 0.05) is 18.8 Å². The average molecular weight is 315 g/mol. The number of esters is 1. The Morgan fingerprint density at radius 1 is 1.43 bits per heavy atom. The molecule has 1 rings (SSSR count). The molecule has 1 unspecified atom stereocenters. The van der Waals surface area contributed by atoms with E-state index in [2.05, 4.69) is 10.3 Å². The SMILES string of the molecule is CC(C)(C)OC(=O)NC(Cc1cccnc1)C(=O)OCCl. The zero-order valence-corrected chi connectivity index (χ0v) is 13.0. The quantitative estimate of drug-likeness (QED) is 0.666. The predicted octanol–water partition coefficient (Wildman–Crippen LogP) is 2.26. The number of amides is 1. The van der Waals surface area contributed by atoms with Crippen molar-refractivity contribution in [2.75, 3.05) is 6.07 Å². The van der Waals surface area contributed by atoms with Crippen LogP contribution >= 0.6 is 11.6 Å². The Labute approximate surface area is 128 Å². The Bertz CT molecular complexity index is 474. The van der Waals surface area contributed by atoms with Crippen molar-refractivity contribution in [3.63, 3.8) is 0 Å². The highest BCUT2D eigenvalue weighted by atomic mass is 35.5. The number of ether oxygens (including phenoxy) is 2. The standard InChI is InChI=1S/C14H19ClN2O4/c1-14(2,3)21-13(19)17-11(12(18)20-9-15)7-10-5-4-6-16-8-10/h4-6,8,11H,7,9H2,1-3H3,(H,17,19). The molecule has 0 fully saturated rings. The first-order valence-corrected chi connectivity index (χ1v) is 6.96. The number of nitrogens with one attached hydrogen (secondary N) is 1. The summed E-state index contributed by atoms with van der Waals surface area (Å²) in [6.07, 6.45) is 2.78. The van der Waals surface area contributed by atoms with Crippen molar-refractivity contribution in [3.05, 3.63) is 30.1 Å². The van der Waals surface area contributed by atoms with E-state index >= 15 is 0 Å². The topological polar surface area (TPSA) is 77.5 Å². The van der Waals surface area contributed by atoms with Gasteiger partial charge in [0.2, 0.25) is 0 Å². The largest absolute Gasteiger partial charge is 0.448 e. The Balaban J connectivity index is 2.73. The molecule has 1 aromatic rings. The summed E-state index contributed by atoms with van der Waals surface area (Å²) in [7, 11) is 0. The number of aromatic nitrogens is 1. The van der Waals surface area contributed by atoms with Crippen LogP contribution in [0.25, 0.3) is 0 Å². The lowest BCUT2D eigenvalue weighted by atomic mass is 10.1. The molecule has 0 saturated heterocycles. The molecule has 0 aliphatic carbocycles. The van der Waals surface area contributed by atoms with Crippen LogP contribution < -0.4 is 5.32 Å². The minimum absolute atomic E-state index is 0.239. The number of hydrogen-bond acceptors (Lipinski definition) is 5. The molecule has 1 aromatic heterocycles. The minimum atomic E-state index is -0.886. The van der Waals surface area contributed by atoms with Gasteiger partial charge >= 0.3 is 12.1 Å². The van der Waals surface area contributed by atoms with Gasteiger partial charge in [0.05, 0.1) is 0 Å². The highest BCUT2D eigenvalue weighted by Gasteiger charge is 2.25. The van der Waals surface area contributed by atoms with Crippen molar-refractivity contribution in [2.24, 2.45) is 0 Å². The molecular formula is C14H19ClN2O4. The first kappa shape index (κ1) is 17.2. The summed E-state index contributed by atoms with van der Waals surface area (Å²) in [5, 5.41) is 2.48. The molecule has 1 N–H and O–H groups in total. The van der Waals surface area contributed by atoms with Gasteiger partial charge < -0.3 is 14.8 Å². The molecule has 0 bridgehead atoms. The summed E-state index contributed by atoms with van der Waals surface area (Å²) < 4.78 is 9.87. The van der Waals surface area contributed by atoms with Crippen molar-refractivity contribution in [2.45, 2.75) is 38.8 Å². The minimum Gasteiger partial charge on any atom is -0.448 e. The molecule has 1 atom stereocenters. The maximum absolute atomic E-state index is 11.9. The zero-order chi connectivity index (χ0) is 15.9. The van der Waals surface area contributed by atoms with Crippen LogP contribution in [-0.4, -0.2) is 34.8 Å². The van der Waals surface area contributed by atoms with Gasteiger partial charge in [-0.3, -0.25) is 4.98 Å². The molecule has 0 saturated carbocycles. The first-order chi connectivity index (χ1) is 9.81. The molecule has 1 amide bonds. The Morgan fingerprint density at radius 2 is 2.14 bits per heavy atom. The number of rotatable bonds is 5. The average Bonchev–Trinajstić information content (AvgIpc) is 2.37. The first-order valence-electron chi connectivity index (χ1n) is 6.43. The fourth-order valence-corrected chi connectivity index (χ4v) is 1.66. The summed E-state index contributed by atoms with van der Waals surface area (Å²) >= 11 is 5.39. The monoisotopic (exact) mass is 314 g/mol. The maximum Gasteiger partial charge on any atom is 0.408 e. The molecule has 6 nitrogen and oxygen atoms in total. The third-order valence-electron chi connectivity index (χ3n) is 2.33. The molecule has 0 radical (unpaired) electrons. The Kier molecular flexibility index (Phi) is 6.42. The van der Waals surface area contributed by atoms with E-state index in [0.717, 1.165) is 5.56 Å². The van der Waals surface area contributed by atoms with Crippen LogP contribution in [0.5, 0.6) is 0 Å². The molecule has 0 spiro atoms. The van der Waals surface area contributed by atoms with Gasteiger partial charge in [-0.15, -0.1) is 0 Å². The number of nitrogens with zero attached hydrogens (tertiary/aromatic N) is 1. The molecule has 1 heterocycles. The predicted molar refractivity (Wildman–Crippen MR) is 77.9 cm³/mol. The summed E-state index contributed by atoms with van der Waals surface area (Å²) in [6, 6.07) is 2.37. The van der Waals surface area contributed by atoms with Crippen molar-refractivity contribution >= 4 is 23.7 Å². The van der Waals surface area contributed by atoms with E-state index in [1.54, 1.807) is 45.3 Å². The molecule has 0 aliphatic heterocycles. The van der Waals surface area contributed by atoms with Gasteiger partial charge in [0.25, 0.3) is 0 Å². The van der Waals surface area contributed by atoms with Crippen molar-refractivity contribution in [1.29, 1.82) is 0 Å². The highest BCUT2D eigenvalue weighted by Crippen LogP contribution is 2.09. The van der Waals surface area contributed by atoms with Crippen molar-refractivity contribution < 1.29 is 19.1 Å². The molecular weight excluding hydrogens is 296 g/mol. The zero-order valence-electron chi connectivity index (χ0n) is 12.3. The van der Waals surface area contributed by atoms with Crippen LogP contribution in [0, 0.1) is 0 Å². The van der Waals surface area contributed by atoms with E-state index in [1.807, 2.05) is 0 Å². The molecule has 0 aromatic carbocycles. The van der Waals surface area contributed by atoms with Crippen LogP contribution in [0.15, 0.2) is 24.5 Å². The molecule has 0 aliphatic rings. The second kappa shape index (κ2) is 7.83. The van der Waals surface area contributed by atoms with Gasteiger partial charge in [-0.1, -0.05) is 17.7 Å². The number of carbonyl (C=O) groups excluding carboxylic acids is 2. The summed E-state index contributed by atoms with van der Waals surface area (Å²) in [6.45, 7) is 5.21. The van der Waals surface area contributed by atoms with Crippen LogP contribution in [0.4, 0.5) is 4.79 Å². The van der Waals surface area contributed by atoms with Gasteiger partial charge in [0.1, 0.15) is 11.6 Å². The van der Waals surface area contributed by atoms with Crippen LogP contribution in [0.2, 0.25) is 0 Å². The number of halogens is 1. The van der Waals surface area contributed by atoms with E-state index in [0.29, 0.717) is 0 Å². The van der Waals surface area contributed by atoms with E-state index < -0.39 is 23.7 Å². The van der Waals surface area contributed by atoms with Gasteiger partial charge in [0.15, 0.2) is 6.07 Å². The molecule has 116 valence electrons. The van der Waals surface area contributed by atoms with E-state index in [1.165, 1.54) is 0 Å². The number of carbonyl (C=O) groups is 2. The summed E-state index contributed by atoms with van der Waals surface area (Å²) in [4.78, 5) is 27.6. The molecule has 7 heteroatoms. The number of alkyl carbamates (subject to hydrolysis) is 1. The lowest BCUT2D eigenvalue weighted by Crippen LogP contribution is -2.45. The van der Waals surface area contributed by atoms with Gasteiger partial charge in [-0.25, -0.2) is 9.59 Å². The van der Waals surface area contributed by atoms with Crippen LogP contribution in [0.1, 0.15) is 26.3 Å². The number of alkyl halides is 1. The third kappa shape index (κ3) is 6.94. The maximum atomic E-state index is 11.9. The fraction of sp³-hybridized carbons (Fsp3) is 0.500. The molecule has 21 heavy (non-hydrogen) atoms. The number of hydrogen-bond donors (Lipinski definition) is 1. The summed E-state index contributed by atoms with van der Waals surface area (Å²) in [5.74, 6) is -0.625.